The van der Waals surface area contributed by atoms with E-state index in [0.717, 1.165) is 0 Å². The Hall–Kier alpha value is -0.249. The van der Waals surface area contributed by atoms with E-state index in [2.05, 4.69) is 19.7 Å². The molecule has 0 heterocycles. The maximum atomic E-state index is 5.93. The molecule has 0 aliphatic heterocycles. The van der Waals surface area contributed by atoms with Crippen molar-refractivity contribution in [2.75, 3.05) is 0 Å². The van der Waals surface area contributed by atoms with Crippen molar-refractivity contribution < 1.29 is 13.3 Å². The molecule has 0 unspecified atom stereocenters. The van der Waals surface area contributed by atoms with Gasteiger partial charge in [0.15, 0.2) is 0 Å². The van der Waals surface area contributed by atoms with Crippen LogP contribution in [0.25, 0.3) is 0 Å². The molecule has 3 nitrogen and oxygen atoms in total. The molecule has 1 radical (unpaired) electrons. The zero-order chi connectivity index (χ0) is 15.3. The fourth-order valence-electron chi connectivity index (χ4n) is 0.832. The molecule has 0 aliphatic carbocycles. The van der Waals surface area contributed by atoms with Crippen LogP contribution in [0.5, 0.6) is 0 Å². The van der Waals surface area contributed by atoms with E-state index in [0.29, 0.717) is 0 Å². The van der Waals surface area contributed by atoms with Crippen LogP contribution < -0.4 is 0 Å². The van der Waals surface area contributed by atoms with Crippen LogP contribution in [0.1, 0.15) is 0 Å². The minimum Gasteiger partial charge on any atom is -0.360 e. The monoisotopic (exact) mass is 315 g/mol. The molecular weight excluding hydrogens is 288 g/mol. The van der Waals surface area contributed by atoms with Gasteiger partial charge in [-0.15, -0.1) is 19.7 Å². The fourth-order valence-corrected chi connectivity index (χ4v) is 2.87. The lowest BCUT2D eigenvalue weighted by atomic mass is 11.3. The highest BCUT2D eigenvalue weighted by molar-refractivity contribution is 6.78. The molecule has 0 aromatic heterocycles. The summed E-state index contributed by atoms with van der Waals surface area (Å²) in [4.78, 5) is 0. The van der Waals surface area contributed by atoms with Crippen molar-refractivity contribution in [2.24, 2.45) is 0 Å². The molecule has 0 amide bonds. The van der Waals surface area contributed by atoms with E-state index in [4.69, 9.17) is 13.3 Å². The average molecular weight is 316 g/mol. The lowest BCUT2D eigenvalue weighted by Crippen LogP contribution is -2.42. The Bertz CT molecular complexity index is 286. The van der Waals surface area contributed by atoms with Gasteiger partial charge in [-0.2, -0.15) is 0 Å². The predicted molar refractivity (Wildman–Crippen MR) is 89.5 cm³/mol. The largest absolute Gasteiger partial charge is 0.360 e. The second kappa shape index (κ2) is 6.96. The Labute approximate surface area is 121 Å². The molecule has 0 saturated heterocycles. The van der Waals surface area contributed by atoms with Crippen molar-refractivity contribution in [1.29, 1.82) is 0 Å². The van der Waals surface area contributed by atoms with E-state index in [1.54, 1.807) is 0 Å². The quantitative estimate of drug-likeness (QED) is 0.595. The Kier molecular flexibility index (Phi) is 6.87. The standard InChI is InChI=1S/C13H27O3Si3/c1-10-17(4,5)14-13(15-18(6,7)11-2)16-19(8,9)12-3/h10-12H,1-3H2,4-9H3. The summed E-state index contributed by atoms with van der Waals surface area (Å²) in [6, 6.07) is 0. The minimum atomic E-state index is -2.01. The fraction of sp³-hybridized carbons (Fsp3) is 0.462. The third kappa shape index (κ3) is 7.81. The zero-order valence-corrected chi connectivity index (χ0v) is 16.1. The van der Waals surface area contributed by atoms with E-state index in [1.807, 2.05) is 56.4 Å². The maximum absolute atomic E-state index is 5.93. The molecule has 0 aromatic carbocycles. The van der Waals surface area contributed by atoms with Crippen molar-refractivity contribution in [2.45, 2.75) is 39.3 Å². The Morgan fingerprint density at radius 3 is 1.00 bits per heavy atom. The van der Waals surface area contributed by atoms with Crippen molar-refractivity contribution in [1.82, 2.24) is 0 Å². The summed E-state index contributed by atoms with van der Waals surface area (Å²) in [5.41, 5.74) is 5.56. The first-order valence-corrected chi connectivity index (χ1v) is 15.3. The number of hydrogen-bond donors (Lipinski definition) is 0. The van der Waals surface area contributed by atoms with Crippen LogP contribution in [0, 0.1) is 6.48 Å². The van der Waals surface area contributed by atoms with Gasteiger partial charge in [0.05, 0.1) is 0 Å². The smallest absolute Gasteiger partial charge is 0.339 e. The second-order valence-electron chi connectivity index (χ2n) is 5.98. The van der Waals surface area contributed by atoms with Crippen molar-refractivity contribution in [3.8, 4) is 0 Å². The minimum absolute atomic E-state index is 0.268. The number of hydrogen-bond acceptors (Lipinski definition) is 3. The summed E-state index contributed by atoms with van der Waals surface area (Å²) in [6.07, 6.45) is 0. The van der Waals surface area contributed by atoms with Crippen LogP contribution in [-0.4, -0.2) is 25.0 Å². The molecule has 0 spiro atoms. The van der Waals surface area contributed by atoms with Crippen molar-refractivity contribution in [3.05, 3.63) is 43.3 Å². The summed E-state index contributed by atoms with van der Waals surface area (Å²) in [5, 5.41) is 0. The van der Waals surface area contributed by atoms with Crippen LogP contribution in [-0.2, 0) is 13.3 Å². The highest BCUT2D eigenvalue weighted by Crippen LogP contribution is 2.25. The normalized spacial score (nSPS) is 13.4. The first-order chi connectivity index (χ1) is 8.47. The Morgan fingerprint density at radius 2 is 0.842 bits per heavy atom. The zero-order valence-electron chi connectivity index (χ0n) is 13.1. The van der Waals surface area contributed by atoms with Gasteiger partial charge < -0.3 is 13.3 Å². The van der Waals surface area contributed by atoms with Gasteiger partial charge in [0.25, 0.3) is 0 Å². The predicted octanol–water partition coefficient (Wildman–Crippen LogP) is 4.27. The summed E-state index contributed by atoms with van der Waals surface area (Å²) in [5.74, 6) is 0. The van der Waals surface area contributed by atoms with Crippen molar-refractivity contribution in [3.63, 3.8) is 0 Å². The van der Waals surface area contributed by atoms with Crippen molar-refractivity contribution >= 4 is 25.0 Å². The molecule has 0 saturated carbocycles. The molecule has 19 heavy (non-hydrogen) atoms. The van der Waals surface area contributed by atoms with Crippen LogP contribution in [0.3, 0.4) is 0 Å². The molecule has 0 atom stereocenters. The first kappa shape index (κ1) is 18.8. The maximum Gasteiger partial charge on any atom is 0.339 e. The third-order valence-electron chi connectivity index (χ3n) is 2.51. The molecule has 6 heteroatoms. The summed E-state index contributed by atoms with van der Waals surface area (Å²) in [7, 11) is -6.04. The van der Waals surface area contributed by atoms with Gasteiger partial charge >= 0.3 is 6.48 Å². The SMILES string of the molecule is C=C[Si](C)(C)O[C](O[Si](C)(C)C=C)O[Si](C)(C)C=C. The Morgan fingerprint density at radius 1 is 0.632 bits per heavy atom. The van der Waals surface area contributed by atoms with Gasteiger partial charge in [0.1, 0.15) is 0 Å². The van der Waals surface area contributed by atoms with Crippen LogP contribution in [0.15, 0.2) is 36.8 Å². The van der Waals surface area contributed by atoms with Crippen LogP contribution >= 0.6 is 0 Å². The van der Waals surface area contributed by atoms with Gasteiger partial charge in [0, 0.05) is 0 Å². The van der Waals surface area contributed by atoms with Gasteiger partial charge in [-0.25, -0.2) is 0 Å². The van der Waals surface area contributed by atoms with E-state index in [1.165, 1.54) is 0 Å². The molecule has 0 rings (SSSR count). The molecule has 0 aromatic rings. The number of rotatable bonds is 9. The first-order valence-electron chi connectivity index (χ1n) is 6.32. The van der Waals surface area contributed by atoms with E-state index in [-0.39, 0.29) is 6.48 Å². The third-order valence-corrected chi connectivity index (χ3v) is 7.54. The highest BCUT2D eigenvalue weighted by Gasteiger charge is 2.35. The summed E-state index contributed by atoms with van der Waals surface area (Å²) < 4.78 is 17.8. The molecule has 0 N–H and O–H groups in total. The van der Waals surface area contributed by atoms with Gasteiger partial charge in [-0.05, 0) is 39.3 Å². The lowest BCUT2D eigenvalue weighted by Gasteiger charge is -2.33. The summed E-state index contributed by atoms with van der Waals surface area (Å²) >= 11 is 0. The Balaban J connectivity index is 4.99. The molecule has 109 valence electrons. The lowest BCUT2D eigenvalue weighted by molar-refractivity contribution is -0.0371. The van der Waals surface area contributed by atoms with E-state index in [9.17, 15) is 0 Å². The van der Waals surface area contributed by atoms with Gasteiger partial charge in [-0.3, -0.25) is 0 Å². The van der Waals surface area contributed by atoms with Crippen LogP contribution in [0.2, 0.25) is 39.3 Å². The van der Waals surface area contributed by atoms with Gasteiger partial charge in [-0.1, -0.05) is 17.1 Å². The molecule has 0 aliphatic rings. The second-order valence-corrected chi connectivity index (χ2v) is 17.4. The topological polar surface area (TPSA) is 27.7 Å². The molecule has 0 bridgehead atoms. The average Bonchev–Trinajstić information content (AvgIpc) is 2.27. The van der Waals surface area contributed by atoms with Gasteiger partial charge in [0.2, 0.25) is 25.0 Å². The molecular formula is C13H27O3Si3. The highest BCUT2D eigenvalue weighted by atomic mass is 28.4. The molecule has 0 fully saturated rings. The summed E-state index contributed by atoms with van der Waals surface area (Å²) in [6.45, 7) is 23.9. The van der Waals surface area contributed by atoms with E-state index >= 15 is 0 Å². The van der Waals surface area contributed by atoms with E-state index < -0.39 is 25.0 Å². The van der Waals surface area contributed by atoms with Crippen LogP contribution in [0.4, 0.5) is 0 Å².